The van der Waals surface area contributed by atoms with Crippen LogP contribution in [0.2, 0.25) is 0 Å². The Labute approximate surface area is 87.8 Å². The molecule has 82 valence electrons. The van der Waals surface area contributed by atoms with Crippen LogP contribution in [0, 0.1) is 5.92 Å². The largest absolute Gasteiger partial charge is 0.317 e. The van der Waals surface area contributed by atoms with Crippen molar-refractivity contribution in [3.8, 4) is 0 Å². The van der Waals surface area contributed by atoms with E-state index in [9.17, 15) is 0 Å². The zero-order chi connectivity index (χ0) is 9.86. The van der Waals surface area contributed by atoms with Gasteiger partial charge in [-0.15, -0.1) is 0 Å². The minimum absolute atomic E-state index is 0.507. The number of hydrogen-bond acceptors (Lipinski definition) is 2. The highest BCUT2D eigenvalue weighted by Gasteiger charge is 2.30. The van der Waals surface area contributed by atoms with Crippen molar-refractivity contribution in [1.82, 2.24) is 10.6 Å². The van der Waals surface area contributed by atoms with Crippen molar-refractivity contribution in [2.24, 2.45) is 5.92 Å². The minimum atomic E-state index is 0.507. The van der Waals surface area contributed by atoms with Crippen LogP contribution in [0.4, 0.5) is 0 Å². The van der Waals surface area contributed by atoms with E-state index >= 15 is 0 Å². The molecule has 2 rings (SSSR count). The fourth-order valence-electron chi connectivity index (χ4n) is 2.63. The van der Waals surface area contributed by atoms with E-state index in [0.29, 0.717) is 5.54 Å². The summed E-state index contributed by atoms with van der Waals surface area (Å²) in [6.45, 7) is 6.09. The first kappa shape index (κ1) is 10.4. The molecule has 2 fully saturated rings. The summed E-state index contributed by atoms with van der Waals surface area (Å²) < 4.78 is 0. The van der Waals surface area contributed by atoms with Crippen molar-refractivity contribution in [3.63, 3.8) is 0 Å². The zero-order valence-electron chi connectivity index (χ0n) is 9.44. The summed E-state index contributed by atoms with van der Waals surface area (Å²) in [4.78, 5) is 0. The highest BCUT2D eigenvalue weighted by atomic mass is 15.0. The van der Waals surface area contributed by atoms with E-state index in [1.807, 2.05) is 0 Å². The van der Waals surface area contributed by atoms with E-state index in [4.69, 9.17) is 0 Å². The summed E-state index contributed by atoms with van der Waals surface area (Å²) in [7, 11) is 0. The minimum Gasteiger partial charge on any atom is -0.317 e. The lowest BCUT2D eigenvalue weighted by atomic mass is 9.78. The third kappa shape index (κ3) is 2.71. The van der Waals surface area contributed by atoms with Crippen LogP contribution >= 0.6 is 0 Å². The van der Waals surface area contributed by atoms with E-state index in [0.717, 1.165) is 5.92 Å². The molecule has 2 N–H and O–H groups in total. The first-order chi connectivity index (χ1) is 6.79. The van der Waals surface area contributed by atoms with Crippen molar-refractivity contribution in [2.75, 3.05) is 19.6 Å². The van der Waals surface area contributed by atoms with E-state index in [1.165, 1.54) is 58.2 Å². The Morgan fingerprint density at radius 1 is 1.29 bits per heavy atom. The molecular formula is C12H24N2. The molecule has 0 aromatic carbocycles. The molecule has 0 amide bonds. The monoisotopic (exact) mass is 196 g/mol. The van der Waals surface area contributed by atoms with Gasteiger partial charge in [0, 0.05) is 5.54 Å². The molecule has 0 aromatic rings. The number of rotatable bonds is 4. The van der Waals surface area contributed by atoms with Crippen molar-refractivity contribution in [3.05, 3.63) is 0 Å². The van der Waals surface area contributed by atoms with Crippen LogP contribution in [0.3, 0.4) is 0 Å². The van der Waals surface area contributed by atoms with Gasteiger partial charge in [0.05, 0.1) is 0 Å². The van der Waals surface area contributed by atoms with Gasteiger partial charge >= 0.3 is 0 Å². The van der Waals surface area contributed by atoms with Gasteiger partial charge in [0.2, 0.25) is 0 Å². The molecule has 0 atom stereocenters. The van der Waals surface area contributed by atoms with Crippen LogP contribution in [0.15, 0.2) is 0 Å². The molecule has 1 saturated heterocycles. The van der Waals surface area contributed by atoms with Gasteiger partial charge in [-0.2, -0.15) is 0 Å². The first-order valence-corrected chi connectivity index (χ1v) is 6.24. The van der Waals surface area contributed by atoms with Crippen LogP contribution in [0.25, 0.3) is 0 Å². The topological polar surface area (TPSA) is 24.1 Å². The molecule has 0 bridgehead atoms. The van der Waals surface area contributed by atoms with Crippen LogP contribution in [0.1, 0.15) is 45.4 Å². The maximum Gasteiger partial charge on any atom is 0.0153 e. The fraction of sp³-hybridized carbons (Fsp3) is 1.00. The highest BCUT2D eigenvalue weighted by molar-refractivity contribution is 4.91. The lowest BCUT2D eigenvalue weighted by molar-refractivity contribution is 0.201. The molecule has 14 heavy (non-hydrogen) atoms. The molecule has 0 radical (unpaired) electrons. The van der Waals surface area contributed by atoms with Crippen molar-refractivity contribution < 1.29 is 0 Å². The van der Waals surface area contributed by atoms with E-state index in [2.05, 4.69) is 17.6 Å². The third-order valence-electron chi connectivity index (χ3n) is 4.02. The van der Waals surface area contributed by atoms with Crippen LogP contribution in [0.5, 0.6) is 0 Å². The van der Waals surface area contributed by atoms with Gasteiger partial charge in [-0.1, -0.05) is 0 Å². The summed E-state index contributed by atoms with van der Waals surface area (Å²) in [5, 5.41) is 7.15. The van der Waals surface area contributed by atoms with Crippen LogP contribution in [-0.2, 0) is 0 Å². The molecule has 0 unspecified atom stereocenters. The molecule has 2 nitrogen and oxygen atoms in total. The van der Waals surface area contributed by atoms with E-state index in [-0.39, 0.29) is 0 Å². The van der Waals surface area contributed by atoms with E-state index < -0.39 is 0 Å². The molecule has 0 aromatic heterocycles. The standard InChI is InChI=1S/C12H24N2/c1-12(6-2-7-12)14-10-5-11-3-8-13-9-4-11/h11,13-14H,2-10H2,1H3. The van der Waals surface area contributed by atoms with Gasteiger partial charge in [-0.25, -0.2) is 0 Å². The predicted octanol–water partition coefficient (Wildman–Crippen LogP) is 1.91. The molecule has 2 heteroatoms. The maximum absolute atomic E-state index is 3.72. The Kier molecular flexibility index (Phi) is 3.45. The molecule has 0 spiro atoms. The highest BCUT2D eigenvalue weighted by Crippen LogP contribution is 2.31. The molecule has 1 aliphatic carbocycles. The molecule has 2 aliphatic rings. The predicted molar refractivity (Wildman–Crippen MR) is 60.5 cm³/mol. The smallest absolute Gasteiger partial charge is 0.0153 e. The second kappa shape index (κ2) is 4.63. The van der Waals surface area contributed by atoms with Crippen LogP contribution < -0.4 is 10.6 Å². The average Bonchev–Trinajstić information content (AvgIpc) is 2.17. The SMILES string of the molecule is CC1(NCCC2CCNCC2)CCC1. The Bertz CT molecular complexity index is 169. The number of nitrogens with one attached hydrogen (secondary N) is 2. The van der Waals surface area contributed by atoms with Crippen molar-refractivity contribution >= 4 is 0 Å². The summed E-state index contributed by atoms with van der Waals surface area (Å²) in [5.74, 6) is 0.979. The Morgan fingerprint density at radius 2 is 2.00 bits per heavy atom. The number of hydrogen-bond donors (Lipinski definition) is 2. The maximum atomic E-state index is 3.72. The summed E-state index contributed by atoms with van der Waals surface area (Å²) in [5.41, 5.74) is 0.507. The van der Waals surface area contributed by atoms with Gasteiger partial charge < -0.3 is 10.6 Å². The Morgan fingerprint density at radius 3 is 2.57 bits per heavy atom. The van der Waals surface area contributed by atoms with Crippen LogP contribution in [-0.4, -0.2) is 25.2 Å². The molecule has 1 heterocycles. The lowest BCUT2D eigenvalue weighted by Gasteiger charge is -2.40. The lowest BCUT2D eigenvalue weighted by Crippen LogP contribution is -2.48. The zero-order valence-corrected chi connectivity index (χ0v) is 9.44. The third-order valence-corrected chi connectivity index (χ3v) is 4.02. The van der Waals surface area contributed by atoms with Gasteiger partial charge in [0.25, 0.3) is 0 Å². The van der Waals surface area contributed by atoms with Gasteiger partial charge in [0.15, 0.2) is 0 Å². The quantitative estimate of drug-likeness (QED) is 0.717. The van der Waals surface area contributed by atoms with E-state index in [1.54, 1.807) is 0 Å². The van der Waals surface area contributed by atoms with Gasteiger partial charge in [-0.05, 0) is 71.0 Å². The molecule has 1 saturated carbocycles. The van der Waals surface area contributed by atoms with Crippen molar-refractivity contribution in [1.29, 1.82) is 0 Å². The summed E-state index contributed by atoms with van der Waals surface area (Å²) in [6.07, 6.45) is 8.36. The van der Waals surface area contributed by atoms with Gasteiger partial charge in [0.1, 0.15) is 0 Å². The van der Waals surface area contributed by atoms with Crippen molar-refractivity contribution in [2.45, 2.75) is 51.0 Å². The first-order valence-electron chi connectivity index (χ1n) is 6.24. The fourth-order valence-corrected chi connectivity index (χ4v) is 2.63. The molecule has 1 aliphatic heterocycles. The normalized spacial score (nSPS) is 27.2. The second-order valence-electron chi connectivity index (χ2n) is 5.32. The second-order valence-corrected chi connectivity index (χ2v) is 5.32. The molecular weight excluding hydrogens is 172 g/mol. The summed E-state index contributed by atoms with van der Waals surface area (Å²) >= 11 is 0. The summed E-state index contributed by atoms with van der Waals surface area (Å²) in [6, 6.07) is 0. The Hall–Kier alpha value is -0.0800. The Balaban J connectivity index is 1.57. The number of piperidine rings is 1. The average molecular weight is 196 g/mol. The van der Waals surface area contributed by atoms with Gasteiger partial charge in [-0.3, -0.25) is 0 Å².